The van der Waals surface area contributed by atoms with Gasteiger partial charge in [0.25, 0.3) is 0 Å². The summed E-state index contributed by atoms with van der Waals surface area (Å²) in [5.41, 5.74) is 9.92. The first-order valence-corrected chi connectivity index (χ1v) is 6.49. The third-order valence-corrected chi connectivity index (χ3v) is 3.69. The fourth-order valence-corrected chi connectivity index (χ4v) is 2.62. The smallest absolute Gasteiger partial charge is 0.228 e. The Labute approximate surface area is 116 Å². The molecular weight excluding hydrogens is 255 g/mol. The summed E-state index contributed by atoms with van der Waals surface area (Å²) in [7, 11) is 0. The molecule has 0 radical (unpaired) electrons. The maximum absolute atomic E-state index is 14.0. The van der Waals surface area contributed by atoms with E-state index < -0.39 is 11.9 Å². The number of carbonyl (C=O) groups is 1. The summed E-state index contributed by atoms with van der Waals surface area (Å²) in [6.45, 7) is 1.98. The predicted molar refractivity (Wildman–Crippen MR) is 75.9 cm³/mol. The van der Waals surface area contributed by atoms with E-state index in [-0.39, 0.29) is 18.0 Å². The van der Waals surface area contributed by atoms with Crippen molar-refractivity contribution in [2.45, 2.75) is 19.4 Å². The molecule has 0 saturated heterocycles. The Kier molecular flexibility index (Phi) is 3.03. The fourth-order valence-electron chi connectivity index (χ4n) is 2.62. The Morgan fingerprint density at radius 2 is 2.05 bits per heavy atom. The van der Waals surface area contributed by atoms with E-state index in [4.69, 9.17) is 5.73 Å². The Bertz CT molecular complexity index is 697. The number of carbonyl (C=O) groups excluding carboxylic acids is 1. The lowest BCUT2D eigenvalue weighted by molar-refractivity contribution is -0.115. The summed E-state index contributed by atoms with van der Waals surface area (Å²) in [6, 6.07) is 10.6. The molecule has 20 heavy (non-hydrogen) atoms. The maximum Gasteiger partial charge on any atom is 0.228 e. The number of fused-ring (bicyclic) bond motifs is 1. The van der Waals surface area contributed by atoms with Crippen molar-refractivity contribution in [2.75, 3.05) is 5.32 Å². The first-order valence-electron chi connectivity index (χ1n) is 6.49. The van der Waals surface area contributed by atoms with Gasteiger partial charge in [-0.05, 0) is 35.2 Å². The van der Waals surface area contributed by atoms with Gasteiger partial charge in [-0.3, -0.25) is 4.79 Å². The lowest BCUT2D eigenvalue weighted by Gasteiger charge is -2.16. The minimum Gasteiger partial charge on any atom is -0.323 e. The van der Waals surface area contributed by atoms with Crippen LogP contribution in [0.3, 0.4) is 0 Å². The largest absolute Gasteiger partial charge is 0.323 e. The van der Waals surface area contributed by atoms with Crippen LogP contribution in [0.2, 0.25) is 0 Å². The molecule has 3 nitrogen and oxygen atoms in total. The van der Waals surface area contributed by atoms with E-state index in [0.717, 1.165) is 11.1 Å². The van der Waals surface area contributed by atoms with Crippen LogP contribution in [0.4, 0.5) is 10.1 Å². The Balaban J connectivity index is 2.04. The van der Waals surface area contributed by atoms with Crippen LogP contribution in [0.1, 0.15) is 28.3 Å². The van der Waals surface area contributed by atoms with Gasteiger partial charge in [-0.15, -0.1) is 0 Å². The van der Waals surface area contributed by atoms with Crippen LogP contribution in [0.5, 0.6) is 0 Å². The highest BCUT2D eigenvalue weighted by atomic mass is 19.1. The predicted octanol–water partition coefficient (Wildman–Crippen LogP) is 2.68. The average Bonchev–Trinajstić information content (AvgIpc) is 2.79. The molecule has 1 unspecified atom stereocenters. The second-order valence-corrected chi connectivity index (χ2v) is 5.10. The molecular formula is C16H15FN2O. The first kappa shape index (κ1) is 12.8. The quantitative estimate of drug-likeness (QED) is 0.881. The molecule has 0 spiro atoms. The molecule has 1 amide bonds. The summed E-state index contributed by atoms with van der Waals surface area (Å²) < 4.78 is 14.0. The number of hydrogen-bond donors (Lipinski definition) is 2. The number of nitrogens with one attached hydrogen (secondary N) is 1. The number of amides is 1. The number of anilines is 1. The molecule has 4 heteroatoms. The Morgan fingerprint density at radius 1 is 1.30 bits per heavy atom. The van der Waals surface area contributed by atoms with Crippen LogP contribution in [0, 0.1) is 12.7 Å². The number of aryl methyl sites for hydroxylation is 1. The molecule has 1 aliphatic rings. The molecule has 102 valence electrons. The van der Waals surface area contributed by atoms with Crippen LogP contribution in [0.25, 0.3) is 0 Å². The van der Waals surface area contributed by atoms with E-state index in [1.165, 1.54) is 6.07 Å². The monoisotopic (exact) mass is 270 g/mol. The zero-order valence-corrected chi connectivity index (χ0v) is 11.1. The van der Waals surface area contributed by atoms with Crippen LogP contribution in [-0.2, 0) is 11.2 Å². The minimum atomic E-state index is -0.424. The number of rotatable bonds is 2. The Hall–Kier alpha value is -2.20. The zero-order valence-electron chi connectivity index (χ0n) is 11.1. The van der Waals surface area contributed by atoms with Gasteiger partial charge >= 0.3 is 0 Å². The van der Waals surface area contributed by atoms with Crippen molar-refractivity contribution in [1.82, 2.24) is 0 Å². The summed E-state index contributed by atoms with van der Waals surface area (Å²) in [5, 5.41) is 2.53. The maximum atomic E-state index is 14.0. The standard InChI is InChI=1S/C16H15FN2O/c1-9-4-2-3-5-12(9)15(18)10-6-11-8-14(20)19-16(11)13(17)7-10/h2-7,15H,8,18H2,1H3,(H,19,20). The van der Waals surface area contributed by atoms with Crippen molar-refractivity contribution in [3.63, 3.8) is 0 Å². The molecule has 2 aromatic rings. The van der Waals surface area contributed by atoms with Crippen LogP contribution in [-0.4, -0.2) is 5.91 Å². The van der Waals surface area contributed by atoms with Gasteiger partial charge in [0.15, 0.2) is 0 Å². The van der Waals surface area contributed by atoms with Crippen molar-refractivity contribution < 1.29 is 9.18 Å². The van der Waals surface area contributed by atoms with E-state index in [1.54, 1.807) is 0 Å². The average molecular weight is 270 g/mol. The zero-order chi connectivity index (χ0) is 14.3. The number of nitrogens with two attached hydrogens (primary N) is 1. The summed E-state index contributed by atoms with van der Waals surface area (Å²) in [6.07, 6.45) is 0.209. The van der Waals surface area contributed by atoms with Crippen LogP contribution < -0.4 is 11.1 Å². The topological polar surface area (TPSA) is 55.1 Å². The van der Waals surface area contributed by atoms with Crippen molar-refractivity contribution in [3.05, 3.63) is 64.5 Å². The molecule has 0 saturated carbocycles. The summed E-state index contributed by atoms with van der Waals surface area (Å²) >= 11 is 0. The number of benzene rings is 2. The van der Waals surface area contributed by atoms with E-state index in [2.05, 4.69) is 5.32 Å². The molecule has 0 fully saturated rings. The lowest BCUT2D eigenvalue weighted by atomic mass is 9.94. The highest BCUT2D eigenvalue weighted by molar-refractivity contribution is 5.99. The number of hydrogen-bond acceptors (Lipinski definition) is 2. The van der Waals surface area contributed by atoms with Gasteiger partial charge in [-0.2, -0.15) is 0 Å². The molecule has 3 rings (SSSR count). The molecule has 3 N–H and O–H groups in total. The molecule has 2 aromatic carbocycles. The molecule has 0 aromatic heterocycles. The van der Waals surface area contributed by atoms with E-state index in [0.29, 0.717) is 11.1 Å². The normalized spacial score (nSPS) is 14.8. The Morgan fingerprint density at radius 3 is 2.80 bits per heavy atom. The van der Waals surface area contributed by atoms with Crippen molar-refractivity contribution >= 4 is 11.6 Å². The second kappa shape index (κ2) is 4.72. The fraction of sp³-hybridized carbons (Fsp3) is 0.188. The SMILES string of the molecule is Cc1ccccc1C(N)c1cc(F)c2c(c1)CC(=O)N2. The van der Waals surface area contributed by atoms with Crippen LogP contribution in [0.15, 0.2) is 36.4 Å². The highest BCUT2D eigenvalue weighted by Gasteiger charge is 2.23. The van der Waals surface area contributed by atoms with Gasteiger partial charge in [0.2, 0.25) is 5.91 Å². The minimum absolute atomic E-state index is 0.180. The number of halogens is 1. The van der Waals surface area contributed by atoms with E-state index >= 15 is 0 Å². The van der Waals surface area contributed by atoms with Gasteiger partial charge in [0.1, 0.15) is 5.82 Å². The third kappa shape index (κ3) is 2.08. The van der Waals surface area contributed by atoms with Crippen LogP contribution >= 0.6 is 0 Å². The molecule has 1 atom stereocenters. The van der Waals surface area contributed by atoms with Gasteiger partial charge in [0.05, 0.1) is 18.2 Å². The lowest BCUT2D eigenvalue weighted by Crippen LogP contribution is -2.14. The summed E-state index contributed by atoms with van der Waals surface area (Å²) in [4.78, 5) is 11.3. The third-order valence-electron chi connectivity index (χ3n) is 3.69. The van der Waals surface area contributed by atoms with Gasteiger partial charge in [0, 0.05) is 0 Å². The summed E-state index contributed by atoms with van der Waals surface area (Å²) in [5.74, 6) is -0.604. The van der Waals surface area contributed by atoms with Crippen molar-refractivity contribution in [3.8, 4) is 0 Å². The van der Waals surface area contributed by atoms with E-state index in [1.807, 2.05) is 37.3 Å². The molecule has 0 aliphatic carbocycles. The van der Waals surface area contributed by atoms with Crippen molar-refractivity contribution in [1.29, 1.82) is 0 Å². The first-order chi connectivity index (χ1) is 9.56. The molecule has 1 heterocycles. The second-order valence-electron chi connectivity index (χ2n) is 5.10. The van der Waals surface area contributed by atoms with Gasteiger partial charge in [-0.1, -0.05) is 30.3 Å². The highest BCUT2D eigenvalue weighted by Crippen LogP contribution is 2.31. The van der Waals surface area contributed by atoms with E-state index in [9.17, 15) is 9.18 Å². The van der Waals surface area contributed by atoms with Gasteiger partial charge < -0.3 is 11.1 Å². The molecule has 0 bridgehead atoms. The molecule has 1 aliphatic heterocycles. The van der Waals surface area contributed by atoms with Crippen molar-refractivity contribution in [2.24, 2.45) is 5.73 Å². The van der Waals surface area contributed by atoms with Gasteiger partial charge in [-0.25, -0.2) is 4.39 Å².